The third kappa shape index (κ3) is 5.04. The van der Waals surface area contributed by atoms with E-state index in [1.807, 2.05) is 48.5 Å². The van der Waals surface area contributed by atoms with Gasteiger partial charge in [-0.25, -0.2) is 0 Å². The fraction of sp³-hybridized carbons (Fsp3) is 0.259. The van der Waals surface area contributed by atoms with E-state index in [1.165, 1.54) is 7.11 Å². The molecule has 33 heavy (non-hydrogen) atoms. The van der Waals surface area contributed by atoms with Gasteiger partial charge in [0.05, 0.1) is 19.1 Å². The van der Waals surface area contributed by atoms with E-state index in [4.69, 9.17) is 21.1 Å². The van der Waals surface area contributed by atoms with E-state index in [1.54, 1.807) is 18.2 Å². The Labute approximate surface area is 197 Å². The molecule has 0 heterocycles. The lowest BCUT2D eigenvalue weighted by molar-refractivity contribution is -0.148. The summed E-state index contributed by atoms with van der Waals surface area (Å²) in [5.41, 5.74) is 2.33. The zero-order valence-electron chi connectivity index (χ0n) is 18.3. The van der Waals surface area contributed by atoms with Gasteiger partial charge < -0.3 is 14.6 Å². The average Bonchev–Trinajstić information content (AvgIpc) is 3.18. The Morgan fingerprint density at radius 2 is 1.70 bits per heavy atom. The molecule has 0 amide bonds. The summed E-state index contributed by atoms with van der Waals surface area (Å²) in [6.45, 7) is 0.421. The minimum Gasteiger partial charge on any atom is -0.493 e. The van der Waals surface area contributed by atoms with Crippen molar-refractivity contribution in [1.29, 1.82) is 0 Å². The van der Waals surface area contributed by atoms with Crippen molar-refractivity contribution in [3.63, 3.8) is 0 Å². The molecule has 0 saturated heterocycles. The summed E-state index contributed by atoms with van der Waals surface area (Å²) in [6.07, 6.45) is 1.30. The van der Waals surface area contributed by atoms with Crippen LogP contribution in [-0.2, 0) is 24.1 Å². The van der Waals surface area contributed by atoms with Gasteiger partial charge in [-0.3, -0.25) is 9.59 Å². The lowest BCUT2D eigenvalue weighted by atomic mass is 9.79. The number of hydrogen-bond donors (Lipinski definition) is 1. The molecule has 0 atom stereocenters. The van der Waals surface area contributed by atoms with Crippen LogP contribution < -0.4 is 9.47 Å². The molecule has 1 aliphatic rings. The molecule has 0 saturated carbocycles. The monoisotopic (exact) mass is 464 g/mol. The van der Waals surface area contributed by atoms with Gasteiger partial charge in [0.15, 0.2) is 17.3 Å². The normalized spacial score (nSPS) is 13.9. The van der Waals surface area contributed by atoms with Crippen molar-refractivity contribution in [3.8, 4) is 11.5 Å². The van der Waals surface area contributed by atoms with Gasteiger partial charge in [0.2, 0.25) is 0 Å². The van der Waals surface area contributed by atoms with Crippen molar-refractivity contribution in [2.45, 2.75) is 25.7 Å². The molecule has 170 valence electrons. The second-order valence-corrected chi connectivity index (χ2v) is 8.84. The van der Waals surface area contributed by atoms with Crippen molar-refractivity contribution >= 4 is 23.4 Å². The molecule has 1 N–H and O–H groups in total. The van der Waals surface area contributed by atoms with Crippen LogP contribution >= 0.6 is 11.6 Å². The highest BCUT2D eigenvalue weighted by Gasteiger charge is 2.45. The molecule has 3 aromatic rings. The first kappa shape index (κ1) is 22.9. The largest absolute Gasteiger partial charge is 0.493 e. The summed E-state index contributed by atoms with van der Waals surface area (Å²) in [6, 6.07) is 20.2. The van der Waals surface area contributed by atoms with Crippen LogP contribution in [0.2, 0.25) is 5.02 Å². The number of halogens is 1. The predicted molar refractivity (Wildman–Crippen MR) is 127 cm³/mol. The van der Waals surface area contributed by atoms with Crippen molar-refractivity contribution in [2.75, 3.05) is 13.7 Å². The van der Waals surface area contributed by atoms with Gasteiger partial charge in [0.1, 0.15) is 0 Å². The molecule has 1 aliphatic carbocycles. The predicted octanol–water partition coefficient (Wildman–Crippen LogP) is 5.41. The van der Waals surface area contributed by atoms with Crippen LogP contribution in [0, 0.1) is 5.41 Å². The van der Waals surface area contributed by atoms with Crippen molar-refractivity contribution in [2.24, 2.45) is 5.41 Å². The molecule has 4 rings (SSSR count). The van der Waals surface area contributed by atoms with Crippen LogP contribution in [-0.4, -0.2) is 30.6 Å². The second kappa shape index (κ2) is 9.67. The lowest BCUT2D eigenvalue weighted by Crippen LogP contribution is -2.34. The zero-order valence-corrected chi connectivity index (χ0v) is 19.1. The van der Waals surface area contributed by atoms with Gasteiger partial charge in [-0.2, -0.15) is 0 Å². The third-order valence-corrected chi connectivity index (χ3v) is 6.39. The van der Waals surface area contributed by atoms with E-state index in [9.17, 15) is 14.7 Å². The van der Waals surface area contributed by atoms with Crippen LogP contribution in [0.15, 0.2) is 66.7 Å². The minimum absolute atomic E-state index is 0.0743. The summed E-state index contributed by atoms with van der Waals surface area (Å²) in [5.74, 6) is -0.211. The Balaban J connectivity index is 1.45. The lowest BCUT2D eigenvalue weighted by Gasteiger charge is -2.23. The number of rotatable bonds is 9. The zero-order chi connectivity index (χ0) is 23.4. The fourth-order valence-corrected chi connectivity index (χ4v) is 4.60. The summed E-state index contributed by atoms with van der Waals surface area (Å²) < 4.78 is 11.3. The Bertz CT molecular complexity index is 1160. The first-order valence-corrected chi connectivity index (χ1v) is 11.2. The van der Waals surface area contributed by atoms with Gasteiger partial charge in [0.25, 0.3) is 0 Å². The molecule has 0 aliphatic heterocycles. The number of benzene rings is 3. The number of ketones is 1. The minimum atomic E-state index is -1.12. The number of carboxylic acids is 1. The molecule has 0 radical (unpaired) electrons. The van der Waals surface area contributed by atoms with Crippen LogP contribution in [0.4, 0.5) is 0 Å². The van der Waals surface area contributed by atoms with Gasteiger partial charge >= 0.3 is 5.97 Å². The summed E-state index contributed by atoms with van der Waals surface area (Å²) in [7, 11) is 1.51. The number of Topliss-reactive ketones (excluding diaryl/α,β-unsaturated/α-hetero) is 1. The number of methoxy groups -OCH3 is 1. The molecule has 0 bridgehead atoms. The Morgan fingerprint density at radius 3 is 2.33 bits per heavy atom. The van der Waals surface area contributed by atoms with Crippen molar-refractivity contribution < 1.29 is 24.2 Å². The average molecular weight is 465 g/mol. The van der Waals surface area contributed by atoms with Gasteiger partial charge in [0, 0.05) is 23.4 Å². The second-order valence-electron chi connectivity index (χ2n) is 8.40. The van der Waals surface area contributed by atoms with E-state index in [0.29, 0.717) is 48.0 Å². The smallest absolute Gasteiger partial charge is 0.310 e. The Morgan fingerprint density at radius 1 is 0.970 bits per heavy atom. The number of fused-ring (bicyclic) bond motifs is 1. The SMILES string of the molecule is COc1cc(C(=O)CC2(C(=O)O)Cc3ccccc3C2)ccc1OCCc1cccc(Cl)c1. The molecular weight excluding hydrogens is 440 g/mol. The molecule has 0 spiro atoms. The summed E-state index contributed by atoms with van der Waals surface area (Å²) in [5, 5.41) is 10.7. The Kier molecular flexibility index (Phi) is 6.70. The molecule has 0 fully saturated rings. The molecular formula is C27H25ClO5. The Hall–Kier alpha value is -3.31. The first-order chi connectivity index (χ1) is 15.9. The quantitative estimate of drug-likeness (QED) is 0.428. The molecule has 6 heteroatoms. The highest BCUT2D eigenvalue weighted by molar-refractivity contribution is 6.30. The van der Waals surface area contributed by atoms with Gasteiger partial charge in [-0.15, -0.1) is 0 Å². The maximum atomic E-state index is 13.1. The molecule has 0 unspecified atom stereocenters. The number of carboxylic acid groups (broad SMARTS) is 1. The van der Waals surface area contributed by atoms with Gasteiger partial charge in [-0.05, 0) is 59.9 Å². The van der Waals surface area contributed by atoms with E-state index < -0.39 is 11.4 Å². The third-order valence-electron chi connectivity index (χ3n) is 6.15. The van der Waals surface area contributed by atoms with Gasteiger partial charge in [-0.1, -0.05) is 48.0 Å². The summed E-state index contributed by atoms with van der Waals surface area (Å²) >= 11 is 6.02. The van der Waals surface area contributed by atoms with Crippen LogP contribution in [0.1, 0.15) is 33.5 Å². The fourth-order valence-electron chi connectivity index (χ4n) is 4.39. The number of carbonyl (C=O) groups excluding carboxylic acids is 1. The van der Waals surface area contributed by atoms with Crippen molar-refractivity contribution in [3.05, 3.63) is 94.0 Å². The standard InChI is InChI=1S/C27H25ClO5/c1-32-25-14-19(9-10-24(25)33-12-11-18-5-4-8-22(28)13-18)23(29)17-27(26(30)31)15-20-6-2-3-7-21(20)16-27/h2-10,13-14H,11-12,15-17H2,1H3,(H,30,31). The van der Waals surface area contributed by atoms with Crippen LogP contribution in [0.3, 0.4) is 0 Å². The molecule has 5 nitrogen and oxygen atoms in total. The van der Waals surface area contributed by atoms with Crippen LogP contribution in [0.5, 0.6) is 11.5 Å². The number of hydrogen-bond acceptors (Lipinski definition) is 4. The van der Waals surface area contributed by atoms with E-state index in [2.05, 4.69) is 0 Å². The molecule has 3 aromatic carbocycles. The molecule has 0 aromatic heterocycles. The maximum Gasteiger partial charge on any atom is 0.310 e. The van der Waals surface area contributed by atoms with Crippen molar-refractivity contribution in [1.82, 2.24) is 0 Å². The number of ether oxygens (including phenoxy) is 2. The number of aliphatic carboxylic acids is 1. The maximum absolute atomic E-state index is 13.1. The highest BCUT2D eigenvalue weighted by Crippen LogP contribution is 2.41. The summed E-state index contributed by atoms with van der Waals surface area (Å²) in [4.78, 5) is 25.3. The first-order valence-electron chi connectivity index (χ1n) is 10.8. The van der Waals surface area contributed by atoms with E-state index in [0.717, 1.165) is 16.7 Å². The highest BCUT2D eigenvalue weighted by atomic mass is 35.5. The van der Waals surface area contributed by atoms with E-state index in [-0.39, 0.29) is 12.2 Å². The van der Waals surface area contributed by atoms with E-state index >= 15 is 0 Å². The number of carbonyl (C=O) groups is 2. The van der Waals surface area contributed by atoms with Crippen LogP contribution in [0.25, 0.3) is 0 Å². The topological polar surface area (TPSA) is 72.8 Å².